The number of carbonyl (C=O) groups excluding carboxylic acids is 1. The SMILES string of the molecule is CC1(C)C(O)CC1NC(=O)C1CCCN1S(C)(=O)=O. The average molecular weight is 290 g/mol. The van der Waals surface area contributed by atoms with Crippen molar-refractivity contribution >= 4 is 15.9 Å². The molecular weight excluding hydrogens is 268 g/mol. The van der Waals surface area contributed by atoms with Crippen molar-refractivity contribution < 1.29 is 18.3 Å². The number of amides is 1. The van der Waals surface area contributed by atoms with Crippen molar-refractivity contribution in [3.63, 3.8) is 0 Å². The Labute approximate surface area is 114 Å². The Bertz CT molecular complexity index is 474. The van der Waals surface area contributed by atoms with Crippen LogP contribution in [-0.2, 0) is 14.8 Å². The monoisotopic (exact) mass is 290 g/mol. The van der Waals surface area contributed by atoms with Crippen molar-refractivity contribution in [1.82, 2.24) is 9.62 Å². The molecule has 0 aromatic rings. The Hall–Kier alpha value is -0.660. The molecule has 0 aromatic heterocycles. The number of hydrogen-bond donors (Lipinski definition) is 2. The lowest BCUT2D eigenvalue weighted by atomic mass is 9.64. The molecule has 2 aliphatic rings. The number of hydrogen-bond acceptors (Lipinski definition) is 4. The molecule has 2 fully saturated rings. The van der Waals surface area contributed by atoms with Gasteiger partial charge in [0.25, 0.3) is 0 Å². The van der Waals surface area contributed by atoms with Gasteiger partial charge in [-0.05, 0) is 19.3 Å². The number of aliphatic hydroxyl groups excluding tert-OH is 1. The minimum absolute atomic E-state index is 0.0861. The van der Waals surface area contributed by atoms with Gasteiger partial charge in [-0.25, -0.2) is 8.42 Å². The van der Waals surface area contributed by atoms with Gasteiger partial charge in [0, 0.05) is 18.0 Å². The van der Waals surface area contributed by atoms with Crippen LogP contribution in [0.1, 0.15) is 33.1 Å². The standard InChI is InChI=1S/C12H22N2O4S/c1-12(2)9(7-10(12)15)13-11(16)8-5-4-6-14(8)19(3,17)18/h8-10,15H,4-7H2,1-3H3,(H,13,16). The molecular formula is C12H22N2O4S. The molecule has 2 N–H and O–H groups in total. The van der Waals surface area contributed by atoms with Crippen LogP contribution in [0.5, 0.6) is 0 Å². The third-order valence-electron chi connectivity index (χ3n) is 4.46. The van der Waals surface area contributed by atoms with Crippen LogP contribution in [0.25, 0.3) is 0 Å². The fraction of sp³-hybridized carbons (Fsp3) is 0.917. The van der Waals surface area contributed by atoms with Gasteiger partial charge in [0.1, 0.15) is 6.04 Å². The minimum Gasteiger partial charge on any atom is -0.392 e. The van der Waals surface area contributed by atoms with E-state index in [0.717, 1.165) is 6.26 Å². The second kappa shape index (κ2) is 4.71. The van der Waals surface area contributed by atoms with Crippen LogP contribution in [0.2, 0.25) is 0 Å². The largest absolute Gasteiger partial charge is 0.392 e. The zero-order chi connectivity index (χ0) is 14.4. The first-order valence-electron chi connectivity index (χ1n) is 6.59. The highest BCUT2D eigenvalue weighted by atomic mass is 32.2. The summed E-state index contributed by atoms with van der Waals surface area (Å²) in [5.74, 6) is -0.243. The third kappa shape index (κ3) is 2.64. The van der Waals surface area contributed by atoms with E-state index in [0.29, 0.717) is 25.8 Å². The number of aliphatic hydroxyl groups is 1. The van der Waals surface area contributed by atoms with Crippen molar-refractivity contribution in [2.75, 3.05) is 12.8 Å². The van der Waals surface area contributed by atoms with Crippen LogP contribution in [0.4, 0.5) is 0 Å². The van der Waals surface area contributed by atoms with Gasteiger partial charge in [-0.15, -0.1) is 0 Å². The maximum atomic E-state index is 12.2. The fourth-order valence-corrected chi connectivity index (χ4v) is 3.94. The van der Waals surface area contributed by atoms with E-state index >= 15 is 0 Å². The molecule has 0 spiro atoms. The maximum absolute atomic E-state index is 12.2. The van der Waals surface area contributed by atoms with Gasteiger partial charge in [0.05, 0.1) is 12.4 Å². The van der Waals surface area contributed by atoms with E-state index in [1.807, 2.05) is 13.8 Å². The zero-order valence-corrected chi connectivity index (χ0v) is 12.4. The van der Waals surface area contributed by atoms with E-state index in [1.165, 1.54) is 4.31 Å². The highest BCUT2D eigenvalue weighted by molar-refractivity contribution is 7.88. The second-order valence-electron chi connectivity index (χ2n) is 6.17. The molecule has 7 heteroatoms. The van der Waals surface area contributed by atoms with E-state index in [1.54, 1.807) is 0 Å². The maximum Gasteiger partial charge on any atom is 0.238 e. The van der Waals surface area contributed by atoms with Gasteiger partial charge in [0.2, 0.25) is 15.9 Å². The summed E-state index contributed by atoms with van der Waals surface area (Å²) < 4.78 is 24.5. The molecule has 0 radical (unpaired) electrons. The van der Waals surface area contributed by atoms with Gasteiger partial charge in [-0.1, -0.05) is 13.8 Å². The quantitative estimate of drug-likeness (QED) is 0.746. The van der Waals surface area contributed by atoms with Crippen molar-refractivity contribution in [3.8, 4) is 0 Å². The molecule has 1 saturated carbocycles. The smallest absolute Gasteiger partial charge is 0.238 e. The summed E-state index contributed by atoms with van der Waals surface area (Å²) in [4.78, 5) is 12.2. The Morgan fingerprint density at radius 2 is 2.05 bits per heavy atom. The molecule has 3 atom stereocenters. The lowest BCUT2D eigenvalue weighted by Crippen LogP contribution is -2.63. The molecule has 1 saturated heterocycles. The van der Waals surface area contributed by atoms with E-state index < -0.39 is 22.2 Å². The van der Waals surface area contributed by atoms with Crippen molar-refractivity contribution in [3.05, 3.63) is 0 Å². The van der Waals surface area contributed by atoms with Crippen molar-refractivity contribution in [2.45, 2.75) is 51.3 Å². The minimum atomic E-state index is -3.34. The predicted molar refractivity (Wildman–Crippen MR) is 70.9 cm³/mol. The molecule has 2 rings (SSSR count). The molecule has 110 valence electrons. The number of nitrogens with zero attached hydrogens (tertiary/aromatic N) is 1. The number of sulfonamides is 1. The van der Waals surface area contributed by atoms with Gasteiger partial charge < -0.3 is 10.4 Å². The van der Waals surface area contributed by atoms with Crippen molar-refractivity contribution in [1.29, 1.82) is 0 Å². The zero-order valence-electron chi connectivity index (χ0n) is 11.6. The molecule has 3 unspecified atom stereocenters. The van der Waals surface area contributed by atoms with E-state index in [9.17, 15) is 18.3 Å². The summed E-state index contributed by atoms with van der Waals surface area (Å²) in [7, 11) is -3.34. The van der Waals surface area contributed by atoms with Crippen LogP contribution in [-0.4, -0.2) is 54.7 Å². The molecule has 1 amide bonds. The van der Waals surface area contributed by atoms with Crippen molar-refractivity contribution in [2.24, 2.45) is 5.41 Å². The Balaban J connectivity index is 2.01. The first-order valence-corrected chi connectivity index (χ1v) is 8.44. The third-order valence-corrected chi connectivity index (χ3v) is 5.75. The summed E-state index contributed by atoms with van der Waals surface area (Å²) in [6, 6.07) is -0.680. The van der Waals surface area contributed by atoms with Gasteiger partial charge in [-0.3, -0.25) is 4.79 Å². The Morgan fingerprint density at radius 3 is 2.53 bits per heavy atom. The van der Waals surface area contributed by atoms with Crippen LogP contribution in [0.3, 0.4) is 0 Å². The molecule has 1 heterocycles. The summed E-state index contributed by atoms with van der Waals surface area (Å²) in [5, 5.41) is 12.5. The van der Waals surface area contributed by atoms with E-state index in [4.69, 9.17) is 0 Å². The number of carbonyl (C=O) groups is 1. The first-order chi connectivity index (χ1) is 8.64. The predicted octanol–water partition coefficient (Wildman–Crippen LogP) is -0.314. The van der Waals surface area contributed by atoms with E-state index in [2.05, 4.69) is 5.32 Å². The summed E-state index contributed by atoms with van der Waals surface area (Å²) in [6.45, 7) is 4.21. The van der Waals surface area contributed by atoms with Crippen LogP contribution >= 0.6 is 0 Å². The molecule has 1 aliphatic heterocycles. The number of rotatable bonds is 3. The lowest BCUT2D eigenvalue weighted by molar-refractivity contribution is -0.132. The van der Waals surface area contributed by atoms with Gasteiger partial charge >= 0.3 is 0 Å². The normalized spacial score (nSPS) is 34.8. The first kappa shape index (κ1) is 14.7. The Kier molecular flexibility index (Phi) is 3.66. The summed E-state index contributed by atoms with van der Waals surface area (Å²) in [6.07, 6.45) is 2.53. The number of nitrogens with one attached hydrogen (secondary N) is 1. The molecule has 0 aromatic carbocycles. The van der Waals surface area contributed by atoms with Crippen LogP contribution < -0.4 is 5.32 Å². The van der Waals surface area contributed by atoms with Gasteiger partial charge in [0.15, 0.2) is 0 Å². The van der Waals surface area contributed by atoms with Crippen LogP contribution in [0.15, 0.2) is 0 Å². The fourth-order valence-electron chi connectivity index (χ4n) is 2.81. The Morgan fingerprint density at radius 1 is 1.42 bits per heavy atom. The van der Waals surface area contributed by atoms with Gasteiger partial charge in [-0.2, -0.15) is 4.31 Å². The highest BCUT2D eigenvalue weighted by Crippen LogP contribution is 2.40. The molecule has 0 bridgehead atoms. The second-order valence-corrected chi connectivity index (χ2v) is 8.10. The summed E-state index contributed by atoms with van der Waals surface area (Å²) in [5.41, 5.74) is -0.343. The molecule has 6 nitrogen and oxygen atoms in total. The summed E-state index contributed by atoms with van der Waals surface area (Å²) >= 11 is 0. The average Bonchev–Trinajstić information content (AvgIpc) is 2.77. The molecule has 19 heavy (non-hydrogen) atoms. The topological polar surface area (TPSA) is 86.7 Å². The van der Waals surface area contributed by atoms with E-state index in [-0.39, 0.29) is 17.4 Å². The molecule has 1 aliphatic carbocycles. The van der Waals surface area contributed by atoms with Crippen LogP contribution in [0, 0.1) is 5.41 Å². The lowest BCUT2D eigenvalue weighted by Gasteiger charge is -2.49. The highest BCUT2D eigenvalue weighted by Gasteiger charge is 2.49.